The van der Waals surface area contributed by atoms with Crippen molar-refractivity contribution in [2.45, 2.75) is 19.0 Å². The van der Waals surface area contributed by atoms with Crippen LogP contribution in [0.4, 0.5) is 13.6 Å². The molecule has 0 aromatic heterocycles. The molecule has 1 atom stereocenters. The van der Waals surface area contributed by atoms with Gasteiger partial charge in [0.25, 0.3) is 0 Å². The first-order chi connectivity index (χ1) is 15.7. The minimum Gasteiger partial charge on any atom is -0.497 e. The molecular formula is C24H26F2N2O5. The minimum atomic E-state index is -1.38. The van der Waals surface area contributed by atoms with Crippen molar-refractivity contribution in [1.82, 2.24) is 10.2 Å². The summed E-state index contributed by atoms with van der Waals surface area (Å²) in [5.41, 5.74) is 0.647. The molecule has 7 nitrogen and oxygen atoms in total. The first-order valence-electron chi connectivity index (χ1n) is 9.94. The first-order valence-corrected chi connectivity index (χ1v) is 9.94. The second-order valence-electron chi connectivity index (χ2n) is 7.10. The van der Waals surface area contributed by atoms with Crippen LogP contribution in [0, 0.1) is 11.6 Å². The van der Waals surface area contributed by atoms with Gasteiger partial charge < -0.3 is 24.8 Å². The average molecular weight is 460 g/mol. The Bertz CT molecular complexity index is 1040. The topological polar surface area (TPSA) is 88.1 Å². The van der Waals surface area contributed by atoms with E-state index >= 15 is 0 Å². The fourth-order valence-corrected chi connectivity index (χ4v) is 3.25. The molecule has 0 aliphatic heterocycles. The predicted molar refractivity (Wildman–Crippen MR) is 120 cm³/mol. The Morgan fingerprint density at radius 1 is 1.21 bits per heavy atom. The molecule has 2 aromatic carbocycles. The van der Waals surface area contributed by atoms with Gasteiger partial charge in [-0.25, -0.2) is 13.6 Å². The molecule has 0 aliphatic rings. The van der Waals surface area contributed by atoms with Gasteiger partial charge in [-0.2, -0.15) is 0 Å². The maximum atomic E-state index is 14.3. The van der Waals surface area contributed by atoms with Crippen LogP contribution in [0.1, 0.15) is 17.5 Å². The number of carbonyl (C=O) groups excluding carboxylic acids is 1. The SMILES string of the molecule is C=CC[C@@H](NC(=O)O)C(=O)N(CC(=C)c1cccc(F)c1F)Cc1ccc(OC)cc1OC. The van der Waals surface area contributed by atoms with E-state index in [9.17, 15) is 18.4 Å². The van der Waals surface area contributed by atoms with Gasteiger partial charge in [0.05, 0.1) is 14.2 Å². The zero-order chi connectivity index (χ0) is 24.5. The zero-order valence-electron chi connectivity index (χ0n) is 18.4. The van der Waals surface area contributed by atoms with E-state index in [4.69, 9.17) is 14.6 Å². The highest BCUT2D eigenvalue weighted by Crippen LogP contribution is 2.27. The lowest BCUT2D eigenvalue weighted by Gasteiger charge is -2.28. The number of hydrogen-bond acceptors (Lipinski definition) is 4. The molecule has 2 N–H and O–H groups in total. The van der Waals surface area contributed by atoms with E-state index in [-0.39, 0.29) is 30.6 Å². The Balaban J connectivity index is 2.43. The lowest BCUT2D eigenvalue weighted by molar-refractivity contribution is -0.133. The molecule has 2 rings (SSSR count). The highest BCUT2D eigenvalue weighted by molar-refractivity contribution is 5.87. The number of halogens is 2. The third kappa shape index (κ3) is 6.55. The number of nitrogens with one attached hydrogen (secondary N) is 1. The second kappa shape index (κ2) is 11.7. The van der Waals surface area contributed by atoms with Gasteiger partial charge in [-0.15, -0.1) is 6.58 Å². The number of rotatable bonds is 11. The molecule has 0 bridgehead atoms. The van der Waals surface area contributed by atoms with E-state index < -0.39 is 29.7 Å². The Morgan fingerprint density at radius 2 is 1.94 bits per heavy atom. The van der Waals surface area contributed by atoms with Crippen molar-refractivity contribution in [2.24, 2.45) is 0 Å². The highest BCUT2D eigenvalue weighted by atomic mass is 19.2. The standard InChI is InChI=1S/C24H26F2N2O5/c1-5-7-20(27-24(30)31)23(29)28(13-15(2)18-8-6-9-19(25)22(18)26)14-16-10-11-17(32-3)12-21(16)33-4/h5-6,8-12,20,27H,1-2,7,13-14H2,3-4H3,(H,30,31)/t20-/m1/s1. The van der Waals surface area contributed by atoms with Crippen LogP contribution in [-0.2, 0) is 11.3 Å². The fourth-order valence-electron chi connectivity index (χ4n) is 3.25. The van der Waals surface area contributed by atoms with Crippen molar-refractivity contribution in [3.63, 3.8) is 0 Å². The smallest absolute Gasteiger partial charge is 0.405 e. The lowest BCUT2D eigenvalue weighted by Crippen LogP contribution is -2.48. The van der Waals surface area contributed by atoms with Gasteiger partial charge in [0.2, 0.25) is 5.91 Å². The number of amides is 2. The molecule has 33 heavy (non-hydrogen) atoms. The minimum absolute atomic E-state index is 0.0170. The summed E-state index contributed by atoms with van der Waals surface area (Å²) in [6.45, 7) is 7.17. The van der Waals surface area contributed by atoms with Crippen molar-refractivity contribution in [1.29, 1.82) is 0 Å². The van der Waals surface area contributed by atoms with Gasteiger partial charge in [0.15, 0.2) is 11.6 Å². The largest absolute Gasteiger partial charge is 0.497 e. The number of nitrogens with zero attached hydrogens (tertiary/aromatic N) is 1. The van der Waals surface area contributed by atoms with Crippen LogP contribution in [0.5, 0.6) is 11.5 Å². The molecule has 0 fully saturated rings. The lowest BCUT2D eigenvalue weighted by atomic mass is 10.0. The van der Waals surface area contributed by atoms with Crippen molar-refractivity contribution in [3.8, 4) is 11.5 Å². The van der Waals surface area contributed by atoms with E-state index in [1.165, 1.54) is 37.3 Å². The summed E-state index contributed by atoms with van der Waals surface area (Å²) in [5, 5.41) is 11.3. The van der Waals surface area contributed by atoms with E-state index in [1.54, 1.807) is 18.2 Å². The highest BCUT2D eigenvalue weighted by Gasteiger charge is 2.27. The van der Waals surface area contributed by atoms with Crippen LogP contribution in [0.15, 0.2) is 55.6 Å². The van der Waals surface area contributed by atoms with Crippen molar-refractivity contribution >= 4 is 17.6 Å². The number of carboxylic acid groups (broad SMARTS) is 1. The second-order valence-corrected chi connectivity index (χ2v) is 7.10. The predicted octanol–water partition coefficient (Wildman–Crippen LogP) is 4.24. The van der Waals surface area contributed by atoms with Crippen LogP contribution in [0.2, 0.25) is 0 Å². The van der Waals surface area contributed by atoms with Crippen LogP contribution >= 0.6 is 0 Å². The zero-order valence-corrected chi connectivity index (χ0v) is 18.4. The van der Waals surface area contributed by atoms with Crippen LogP contribution in [0.25, 0.3) is 5.57 Å². The van der Waals surface area contributed by atoms with Crippen LogP contribution in [0.3, 0.4) is 0 Å². The summed E-state index contributed by atoms with van der Waals surface area (Å²) < 4.78 is 38.6. The van der Waals surface area contributed by atoms with E-state index in [1.807, 2.05) is 0 Å². The van der Waals surface area contributed by atoms with Gasteiger partial charge in [0.1, 0.15) is 17.5 Å². The fraction of sp³-hybridized carbons (Fsp3) is 0.250. The quantitative estimate of drug-likeness (QED) is 0.490. The summed E-state index contributed by atoms with van der Waals surface area (Å²) in [7, 11) is 2.96. The normalized spacial score (nSPS) is 11.3. The molecule has 0 radical (unpaired) electrons. The Labute approximate surface area is 190 Å². The third-order valence-electron chi connectivity index (χ3n) is 4.88. The number of ether oxygens (including phenoxy) is 2. The summed E-state index contributed by atoms with van der Waals surface area (Å²) in [6, 6.07) is 7.55. The number of methoxy groups -OCH3 is 2. The van der Waals surface area contributed by atoms with Gasteiger partial charge in [-0.1, -0.05) is 24.8 Å². The summed E-state index contributed by atoms with van der Waals surface area (Å²) in [5.74, 6) is -1.74. The molecule has 9 heteroatoms. The van der Waals surface area contributed by atoms with Gasteiger partial charge in [-0.3, -0.25) is 4.79 Å². The molecule has 0 saturated heterocycles. The molecule has 0 saturated carbocycles. The van der Waals surface area contributed by atoms with Crippen molar-refractivity contribution < 1.29 is 33.0 Å². The van der Waals surface area contributed by atoms with Crippen LogP contribution < -0.4 is 14.8 Å². The average Bonchev–Trinajstić information content (AvgIpc) is 2.79. The molecular weight excluding hydrogens is 434 g/mol. The maximum absolute atomic E-state index is 14.3. The molecule has 0 spiro atoms. The van der Waals surface area contributed by atoms with E-state index in [0.29, 0.717) is 17.1 Å². The molecule has 0 aliphatic carbocycles. The molecule has 0 heterocycles. The monoisotopic (exact) mass is 460 g/mol. The van der Waals surface area contributed by atoms with E-state index in [2.05, 4.69) is 18.5 Å². The number of carbonyl (C=O) groups is 2. The van der Waals surface area contributed by atoms with Gasteiger partial charge in [0, 0.05) is 30.3 Å². The van der Waals surface area contributed by atoms with Gasteiger partial charge in [-0.05, 0) is 30.2 Å². The van der Waals surface area contributed by atoms with E-state index in [0.717, 1.165) is 6.07 Å². The van der Waals surface area contributed by atoms with Crippen molar-refractivity contribution in [3.05, 3.63) is 78.4 Å². The summed E-state index contributed by atoms with van der Waals surface area (Å²) in [6.07, 6.45) is 0.0561. The molecule has 0 unspecified atom stereocenters. The summed E-state index contributed by atoms with van der Waals surface area (Å²) >= 11 is 0. The molecule has 2 amide bonds. The number of benzene rings is 2. The third-order valence-corrected chi connectivity index (χ3v) is 4.88. The first kappa shape index (κ1) is 25.4. The maximum Gasteiger partial charge on any atom is 0.405 e. The van der Waals surface area contributed by atoms with Crippen LogP contribution in [-0.4, -0.2) is 48.8 Å². The van der Waals surface area contributed by atoms with Crippen molar-refractivity contribution in [2.75, 3.05) is 20.8 Å². The Kier molecular flexibility index (Phi) is 8.97. The molecule has 176 valence electrons. The van der Waals surface area contributed by atoms with Gasteiger partial charge >= 0.3 is 6.09 Å². The Hall–Kier alpha value is -3.88. The number of hydrogen-bond donors (Lipinski definition) is 2. The molecule has 2 aromatic rings. The summed E-state index contributed by atoms with van der Waals surface area (Å²) in [4.78, 5) is 25.8. The Morgan fingerprint density at radius 3 is 2.55 bits per heavy atom.